The highest BCUT2D eigenvalue weighted by molar-refractivity contribution is 5.93. The van der Waals surface area contributed by atoms with Crippen LogP contribution in [0, 0.1) is 0 Å². The lowest BCUT2D eigenvalue weighted by Gasteiger charge is -2.22. The summed E-state index contributed by atoms with van der Waals surface area (Å²) in [4.78, 5) is 22.7. The molecular weight excluding hydrogens is 218 g/mol. The third-order valence-electron chi connectivity index (χ3n) is 3.43. The summed E-state index contributed by atoms with van der Waals surface area (Å²) in [6, 6.07) is 5.75. The number of esters is 1. The van der Waals surface area contributed by atoms with E-state index in [0.29, 0.717) is 18.6 Å². The van der Waals surface area contributed by atoms with Gasteiger partial charge >= 0.3 is 5.97 Å². The van der Waals surface area contributed by atoms with Crippen LogP contribution >= 0.6 is 0 Å². The smallest absolute Gasteiger partial charge is 0.338 e. The minimum atomic E-state index is -0.243. The van der Waals surface area contributed by atoms with E-state index in [1.807, 2.05) is 18.2 Å². The summed E-state index contributed by atoms with van der Waals surface area (Å²) in [5, 5.41) is 2.82. The van der Waals surface area contributed by atoms with Gasteiger partial charge in [0.05, 0.1) is 5.56 Å². The van der Waals surface area contributed by atoms with Gasteiger partial charge in [-0.2, -0.15) is 0 Å². The third-order valence-corrected chi connectivity index (χ3v) is 3.43. The number of nitrogens with one attached hydrogen (secondary N) is 1. The summed E-state index contributed by atoms with van der Waals surface area (Å²) in [5.41, 5.74) is 2.74. The summed E-state index contributed by atoms with van der Waals surface area (Å²) in [6.45, 7) is 1.09. The van der Waals surface area contributed by atoms with Gasteiger partial charge in [0.1, 0.15) is 6.61 Å². The topological polar surface area (TPSA) is 55.4 Å². The molecule has 0 aromatic heterocycles. The molecule has 3 rings (SSSR count). The molecule has 1 aromatic carbocycles. The summed E-state index contributed by atoms with van der Waals surface area (Å²) < 4.78 is 4.97. The average Bonchev–Trinajstić information content (AvgIpc) is 2.71. The number of fused-ring (bicyclic) bond motifs is 1. The third kappa shape index (κ3) is 1.79. The fraction of sp³-hybridized carbons (Fsp3) is 0.385. The first-order valence-electron chi connectivity index (χ1n) is 5.80. The van der Waals surface area contributed by atoms with E-state index in [2.05, 4.69) is 5.32 Å². The molecule has 2 aliphatic heterocycles. The number of benzene rings is 1. The number of hydrogen-bond acceptors (Lipinski definition) is 3. The normalized spacial score (nSPS) is 22.9. The molecule has 4 nitrogen and oxygen atoms in total. The molecule has 1 aromatic rings. The van der Waals surface area contributed by atoms with Gasteiger partial charge in [-0.1, -0.05) is 12.1 Å². The molecule has 0 unspecified atom stereocenters. The van der Waals surface area contributed by atoms with E-state index < -0.39 is 0 Å². The molecule has 1 saturated heterocycles. The maximum atomic E-state index is 11.3. The molecule has 4 heteroatoms. The molecule has 17 heavy (non-hydrogen) atoms. The number of carbonyl (C=O) groups excluding carboxylic acids is 2. The van der Waals surface area contributed by atoms with Crippen LogP contribution in [-0.2, 0) is 16.1 Å². The van der Waals surface area contributed by atoms with Gasteiger partial charge in [0.25, 0.3) is 0 Å². The highest BCUT2D eigenvalue weighted by Crippen LogP contribution is 2.29. The molecule has 0 radical (unpaired) electrons. The maximum absolute atomic E-state index is 11.3. The lowest BCUT2D eigenvalue weighted by molar-refractivity contribution is -0.122. The molecule has 1 fully saturated rings. The van der Waals surface area contributed by atoms with Crippen molar-refractivity contribution >= 4 is 11.9 Å². The first-order valence-corrected chi connectivity index (χ1v) is 5.80. The van der Waals surface area contributed by atoms with Crippen molar-refractivity contribution in [3.63, 3.8) is 0 Å². The standard InChI is InChI=1S/C13H13NO3/c15-12-6-9(3-4-14-12)8-1-2-11-10(5-8)7-17-13(11)16/h1-2,5,9H,3-4,6-7H2,(H,14,15)/t9-/m0/s1. The maximum Gasteiger partial charge on any atom is 0.338 e. The minimum absolute atomic E-state index is 0.106. The van der Waals surface area contributed by atoms with Crippen molar-refractivity contribution in [1.82, 2.24) is 5.32 Å². The van der Waals surface area contributed by atoms with Crippen molar-refractivity contribution in [3.05, 3.63) is 34.9 Å². The van der Waals surface area contributed by atoms with Crippen LogP contribution in [-0.4, -0.2) is 18.4 Å². The molecule has 0 aliphatic carbocycles. The largest absolute Gasteiger partial charge is 0.457 e. The van der Waals surface area contributed by atoms with Crippen molar-refractivity contribution in [1.29, 1.82) is 0 Å². The number of ether oxygens (including phenoxy) is 1. The van der Waals surface area contributed by atoms with Crippen molar-refractivity contribution in [2.75, 3.05) is 6.54 Å². The molecule has 2 aliphatic rings. The van der Waals surface area contributed by atoms with Gasteiger partial charge < -0.3 is 10.1 Å². The van der Waals surface area contributed by atoms with Crippen molar-refractivity contribution in [3.8, 4) is 0 Å². The Labute approximate surface area is 99.0 Å². The second-order valence-electron chi connectivity index (χ2n) is 4.53. The van der Waals surface area contributed by atoms with E-state index in [4.69, 9.17) is 4.74 Å². The Morgan fingerprint density at radius 2 is 2.18 bits per heavy atom. The van der Waals surface area contributed by atoms with Crippen LogP contribution in [0.25, 0.3) is 0 Å². The Balaban J connectivity index is 1.89. The summed E-state index contributed by atoms with van der Waals surface area (Å²) >= 11 is 0. The first-order chi connectivity index (χ1) is 8.24. The van der Waals surface area contributed by atoms with E-state index in [9.17, 15) is 9.59 Å². The predicted molar refractivity (Wildman–Crippen MR) is 60.5 cm³/mol. The van der Waals surface area contributed by atoms with Crippen molar-refractivity contribution in [2.45, 2.75) is 25.4 Å². The Kier molecular flexibility index (Phi) is 2.35. The molecule has 0 bridgehead atoms. The zero-order valence-electron chi connectivity index (χ0n) is 9.36. The van der Waals surface area contributed by atoms with Gasteiger partial charge in [-0.15, -0.1) is 0 Å². The molecule has 1 amide bonds. The van der Waals surface area contributed by atoms with Gasteiger partial charge in [-0.3, -0.25) is 4.79 Å². The summed E-state index contributed by atoms with van der Waals surface area (Å²) in [5.74, 6) is 0.131. The Morgan fingerprint density at radius 3 is 3.00 bits per heavy atom. The highest BCUT2D eigenvalue weighted by atomic mass is 16.5. The molecule has 1 N–H and O–H groups in total. The van der Waals surface area contributed by atoms with Crippen LogP contribution in [0.2, 0.25) is 0 Å². The van der Waals surface area contributed by atoms with E-state index in [1.165, 1.54) is 0 Å². The van der Waals surface area contributed by atoms with Gasteiger partial charge in [-0.05, 0) is 24.0 Å². The predicted octanol–water partition coefficient (Wildman–Crippen LogP) is 1.35. The Morgan fingerprint density at radius 1 is 1.29 bits per heavy atom. The fourth-order valence-corrected chi connectivity index (χ4v) is 2.48. The van der Waals surface area contributed by atoms with E-state index in [-0.39, 0.29) is 17.8 Å². The molecular formula is C13H13NO3. The molecule has 88 valence electrons. The number of carbonyl (C=O) groups is 2. The van der Waals surface area contributed by atoms with E-state index in [0.717, 1.165) is 24.1 Å². The second-order valence-corrected chi connectivity index (χ2v) is 4.53. The minimum Gasteiger partial charge on any atom is -0.457 e. The number of hydrogen-bond donors (Lipinski definition) is 1. The van der Waals surface area contributed by atoms with Crippen LogP contribution in [0.3, 0.4) is 0 Å². The van der Waals surface area contributed by atoms with Crippen LogP contribution in [0.5, 0.6) is 0 Å². The van der Waals surface area contributed by atoms with Crippen LogP contribution in [0.15, 0.2) is 18.2 Å². The lowest BCUT2D eigenvalue weighted by atomic mass is 9.88. The summed E-state index contributed by atoms with van der Waals surface area (Å²) in [7, 11) is 0. The Hall–Kier alpha value is -1.84. The number of rotatable bonds is 1. The number of piperidine rings is 1. The molecule has 0 spiro atoms. The van der Waals surface area contributed by atoms with Gasteiger partial charge in [0, 0.05) is 18.5 Å². The molecule has 1 atom stereocenters. The van der Waals surface area contributed by atoms with Crippen molar-refractivity contribution in [2.24, 2.45) is 0 Å². The van der Waals surface area contributed by atoms with Crippen LogP contribution in [0.4, 0.5) is 0 Å². The highest BCUT2D eigenvalue weighted by Gasteiger charge is 2.25. The number of amides is 1. The lowest BCUT2D eigenvalue weighted by Crippen LogP contribution is -2.32. The molecule has 0 saturated carbocycles. The zero-order valence-corrected chi connectivity index (χ0v) is 9.36. The zero-order chi connectivity index (χ0) is 11.8. The fourth-order valence-electron chi connectivity index (χ4n) is 2.48. The average molecular weight is 231 g/mol. The molecule has 2 heterocycles. The van der Waals surface area contributed by atoms with Gasteiger partial charge in [0.15, 0.2) is 0 Å². The quantitative estimate of drug-likeness (QED) is 0.742. The second kappa shape index (κ2) is 3.87. The van der Waals surface area contributed by atoms with Gasteiger partial charge in [0.2, 0.25) is 5.91 Å². The van der Waals surface area contributed by atoms with Crippen LogP contribution in [0.1, 0.15) is 40.2 Å². The van der Waals surface area contributed by atoms with Gasteiger partial charge in [-0.25, -0.2) is 4.79 Å². The first kappa shape index (κ1) is 10.3. The monoisotopic (exact) mass is 231 g/mol. The van der Waals surface area contributed by atoms with Crippen LogP contribution < -0.4 is 5.32 Å². The van der Waals surface area contributed by atoms with E-state index in [1.54, 1.807) is 0 Å². The Bertz CT molecular complexity index is 495. The van der Waals surface area contributed by atoms with E-state index >= 15 is 0 Å². The number of cyclic esters (lactones) is 1. The summed E-state index contributed by atoms with van der Waals surface area (Å²) in [6.07, 6.45) is 1.49. The SMILES string of the molecule is O=C1C[C@@H](c2ccc3c(c2)COC3=O)CCN1. The van der Waals surface area contributed by atoms with Crippen molar-refractivity contribution < 1.29 is 14.3 Å².